The van der Waals surface area contributed by atoms with Gasteiger partial charge in [0.15, 0.2) is 0 Å². The minimum Gasteiger partial charge on any atom is -0.479 e. The molecule has 0 fully saturated rings. The number of carbonyl (C=O) groups is 1. The van der Waals surface area contributed by atoms with Crippen LogP contribution in [0.2, 0.25) is 0 Å². The fourth-order valence-electron chi connectivity index (χ4n) is 1.16. The summed E-state index contributed by atoms with van der Waals surface area (Å²) < 4.78 is 14.5. The van der Waals surface area contributed by atoms with Gasteiger partial charge in [-0.3, -0.25) is 4.68 Å². The molecule has 5 heteroatoms. The highest BCUT2D eigenvalue weighted by molar-refractivity contribution is 5.72. The maximum Gasteiger partial charge on any atom is 0.338 e. The number of carboxylic acids is 1. The van der Waals surface area contributed by atoms with Crippen molar-refractivity contribution in [1.82, 2.24) is 9.78 Å². The third kappa shape index (κ3) is 2.83. The summed E-state index contributed by atoms with van der Waals surface area (Å²) in [6, 6.07) is 0. The lowest BCUT2D eigenvalue weighted by Crippen LogP contribution is -2.16. The monoisotopic (exact) mass is 200 g/mol. The summed E-state index contributed by atoms with van der Waals surface area (Å²) >= 11 is 0. The standard InChI is InChI=1S/C9H13FN2O2/c1-2-3-12-6-7(5-11-12)4-8(10)9(13)14/h5-6,8H,2-4H2,1H3,(H,13,14). The van der Waals surface area contributed by atoms with Crippen LogP contribution in [-0.2, 0) is 17.8 Å². The maximum atomic E-state index is 12.8. The minimum atomic E-state index is -1.84. The molecule has 0 aliphatic carbocycles. The SMILES string of the molecule is CCCn1cc(CC(F)C(=O)O)cn1. The molecule has 1 aromatic heterocycles. The van der Waals surface area contributed by atoms with Crippen LogP contribution in [0, 0.1) is 0 Å². The van der Waals surface area contributed by atoms with Crippen LogP contribution in [0.1, 0.15) is 18.9 Å². The van der Waals surface area contributed by atoms with Gasteiger partial charge in [-0.05, 0) is 12.0 Å². The summed E-state index contributed by atoms with van der Waals surface area (Å²) in [4.78, 5) is 10.2. The van der Waals surface area contributed by atoms with Crippen molar-refractivity contribution in [2.45, 2.75) is 32.5 Å². The van der Waals surface area contributed by atoms with E-state index in [4.69, 9.17) is 5.11 Å². The highest BCUT2D eigenvalue weighted by atomic mass is 19.1. The molecule has 1 unspecified atom stereocenters. The van der Waals surface area contributed by atoms with Gasteiger partial charge in [0.1, 0.15) is 0 Å². The largest absolute Gasteiger partial charge is 0.479 e. The van der Waals surface area contributed by atoms with Gasteiger partial charge in [0.2, 0.25) is 6.17 Å². The van der Waals surface area contributed by atoms with Crippen LogP contribution in [0.15, 0.2) is 12.4 Å². The molecule has 1 N–H and O–H groups in total. The number of rotatable bonds is 5. The molecule has 0 bridgehead atoms. The number of aryl methyl sites for hydroxylation is 1. The Morgan fingerprint density at radius 1 is 1.79 bits per heavy atom. The van der Waals surface area contributed by atoms with Gasteiger partial charge in [0.05, 0.1) is 6.20 Å². The fraction of sp³-hybridized carbons (Fsp3) is 0.556. The predicted octanol–water partition coefficient (Wildman–Crippen LogP) is 1.26. The topological polar surface area (TPSA) is 55.1 Å². The summed E-state index contributed by atoms with van der Waals surface area (Å²) in [5, 5.41) is 12.3. The average molecular weight is 200 g/mol. The van der Waals surface area contributed by atoms with E-state index in [1.807, 2.05) is 6.92 Å². The van der Waals surface area contributed by atoms with Crippen molar-refractivity contribution in [1.29, 1.82) is 0 Å². The quantitative estimate of drug-likeness (QED) is 0.778. The summed E-state index contributed by atoms with van der Waals surface area (Å²) in [5.41, 5.74) is 0.619. The summed E-state index contributed by atoms with van der Waals surface area (Å²) in [6.45, 7) is 2.78. The van der Waals surface area contributed by atoms with E-state index in [0.29, 0.717) is 5.56 Å². The van der Waals surface area contributed by atoms with Gasteiger partial charge < -0.3 is 5.11 Å². The number of halogens is 1. The lowest BCUT2D eigenvalue weighted by molar-refractivity contribution is -0.142. The summed E-state index contributed by atoms with van der Waals surface area (Å²) in [6.07, 6.45) is 2.18. The Morgan fingerprint density at radius 2 is 2.50 bits per heavy atom. The number of aliphatic carboxylic acids is 1. The Balaban J connectivity index is 2.55. The molecule has 0 aromatic carbocycles. The Bertz CT molecular complexity index is 312. The van der Waals surface area contributed by atoms with Crippen LogP contribution in [0.5, 0.6) is 0 Å². The van der Waals surface area contributed by atoms with Crippen LogP contribution >= 0.6 is 0 Å². The molecule has 1 rings (SSSR count). The number of nitrogens with zero attached hydrogens (tertiary/aromatic N) is 2. The molecule has 4 nitrogen and oxygen atoms in total. The van der Waals surface area contributed by atoms with Crippen molar-refractivity contribution in [3.8, 4) is 0 Å². The van der Waals surface area contributed by atoms with Gasteiger partial charge in [-0.25, -0.2) is 9.18 Å². The zero-order valence-electron chi connectivity index (χ0n) is 7.98. The van der Waals surface area contributed by atoms with Crippen LogP contribution in [-0.4, -0.2) is 27.0 Å². The highest BCUT2D eigenvalue weighted by Crippen LogP contribution is 2.05. The van der Waals surface area contributed by atoms with Gasteiger partial charge in [-0.2, -0.15) is 5.10 Å². The third-order valence-corrected chi connectivity index (χ3v) is 1.82. The number of aromatic nitrogens is 2. The van der Waals surface area contributed by atoms with Crippen molar-refractivity contribution in [2.24, 2.45) is 0 Å². The third-order valence-electron chi connectivity index (χ3n) is 1.82. The first kappa shape index (κ1) is 10.7. The zero-order chi connectivity index (χ0) is 10.6. The van der Waals surface area contributed by atoms with Crippen molar-refractivity contribution in [3.05, 3.63) is 18.0 Å². The molecule has 0 amide bonds. The van der Waals surface area contributed by atoms with Crippen LogP contribution in [0.3, 0.4) is 0 Å². The van der Waals surface area contributed by atoms with Gasteiger partial charge in [-0.15, -0.1) is 0 Å². The van der Waals surface area contributed by atoms with E-state index in [0.717, 1.165) is 13.0 Å². The molecule has 1 aromatic rings. The van der Waals surface area contributed by atoms with E-state index in [2.05, 4.69) is 5.10 Å². The van der Waals surface area contributed by atoms with Gasteiger partial charge in [0.25, 0.3) is 0 Å². The molecule has 0 radical (unpaired) electrons. The maximum absolute atomic E-state index is 12.8. The Labute approximate surface area is 81.3 Å². The molecule has 14 heavy (non-hydrogen) atoms. The van der Waals surface area contributed by atoms with Crippen molar-refractivity contribution >= 4 is 5.97 Å². The van der Waals surface area contributed by atoms with Crippen LogP contribution in [0.25, 0.3) is 0 Å². The molecule has 0 spiro atoms. The molecule has 1 atom stereocenters. The van der Waals surface area contributed by atoms with Crippen LogP contribution in [0.4, 0.5) is 4.39 Å². The second-order valence-electron chi connectivity index (χ2n) is 3.12. The van der Waals surface area contributed by atoms with E-state index in [-0.39, 0.29) is 6.42 Å². The molecule has 0 aliphatic rings. The lowest BCUT2D eigenvalue weighted by atomic mass is 10.2. The first-order chi connectivity index (χ1) is 6.63. The molecule has 0 aliphatic heterocycles. The van der Waals surface area contributed by atoms with E-state index in [1.165, 1.54) is 6.20 Å². The molecule has 0 saturated carbocycles. The minimum absolute atomic E-state index is 0.112. The normalized spacial score (nSPS) is 12.7. The fourth-order valence-corrected chi connectivity index (χ4v) is 1.16. The lowest BCUT2D eigenvalue weighted by Gasteiger charge is -1.99. The second-order valence-corrected chi connectivity index (χ2v) is 3.12. The number of hydrogen-bond donors (Lipinski definition) is 1. The van der Waals surface area contributed by atoms with Crippen molar-refractivity contribution in [2.75, 3.05) is 0 Å². The van der Waals surface area contributed by atoms with Gasteiger partial charge in [-0.1, -0.05) is 6.92 Å². The first-order valence-electron chi connectivity index (χ1n) is 4.51. The Kier molecular flexibility index (Phi) is 3.62. The van der Waals surface area contributed by atoms with E-state index in [9.17, 15) is 9.18 Å². The number of alkyl halides is 1. The average Bonchev–Trinajstić information content (AvgIpc) is 2.53. The van der Waals surface area contributed by atoms with E-state index >= 15 is 0 Å². The predicted molar refractivity (Wildman–Crippen MR) is 48.8 cm³/mol. The summed E-state index contributed by atoms with van der Waals surface area (Å²) in [7, 11) is 0. The van der Waals surface area contributed by atoms with Gasteiger partial charge in [0, 0.05) is 19.2 Å². The molecule has 78 valence electrons. The van der Waals surface area contributed by atoms with Crippen molar-refractivity contribution in [3.63, 3.8) is 0 Å². The first-order valence-corrected chi connectivity index (χ1v) is 4.51. The molecule has 0 saturated heterocycles. The number of carboxylic acid groups (broad SMARTS) is 1. The Morgan fingerprint density at radius 3 is 3.07 bits per heavy atom. The zero-order valence-corrected chi connectivity index (χ0v) is 7.98. The second kappa shape index (κ2) is 4.74. The summed E-state index contributed by atoms with van der Waals surface area (Å²) in [5.74, 6) is -1.42. The smallest absolute Gasteiger partial charge is 0.338 e. The molecular weight excluding hydrogens is 187 g/mol. The van der Waals surface area contributed by atoms with Crippen molar-refractivity contribution < 1.29 is 14.3 Å². The highest BCUT2D eigenvalue weighted by Gasteiger charge is 2.16. The van der Waals surface area contributed by atoms with Gasteiger partial charge >= 0.3 is 5.97 Å². The number of hydrogen-bond acceptors (Lipinski definition) is 2. The van der Waals surface area contributed by atoms with E-state index in [1.54, 1.807) is 10.9 Å². The molecular formula is C9H13FN2O2. The van der Waals surface area contributed by atoms with Crippen LogP contribution < -0.4 is 0 Å². The Hall–Kier alpha value is -1.39. The molecule has 1 heterocycles. The van der Waals surface area contributed by atoms with E-state index < -0.39 is 12.1 Å².